The van der Waals surface area contributed by atoms with Crippen molar-refractivity contribution in [1.82, 2.24) is 0 Å². The van der Waals surface area contributed by atoms with Gasteiger partial charge in [-0.3, -0.25) is 0 Å². The Labute approximate surface area is 24.9 Å². The average molecular weight is 52.0 g/mol. The Kier molecular flexibility index (Phi) is 1.56. The number of rotatable bonds is 0. The molecule has 0 atom stereocenters. The molecular formula is C3HN. The lowest BCUT2D eigenvalue weighted by molar-refractivity contribution is 1.55. The van der Waals surface area contributed by atoms with E-state index in [0.29, 0.717) is 0 Å². The lowest BCUT2D eigenvalue weighted by atomic mass is 10.9. The maximum Gasteiger partial charge on any atom is 0.152 e. The van der Waals surface area contributed by atoms with Gasteiger partial charge in [0.05, 0.1) is 0 Å². The molecule has 0 aromatic heterocycles. The molecule has 0 aliphatic heterocycles. The maximum atomic E-state index is 7.39. The highest BCUT2D eigenvalue weighted by Gasteiger charge is 1.31. The Hall–Kier alpha value is -0.950. The third kappa shape index (κ3) is 1.05. The van der Waals surface area contributed by atoms with Gasteiger partial charge in [0.15, 0.2) is 6.07 Å². The molecule has 0 heterocycles. The molecule has 0 unspecified atom stereocenters. The van der Waals surface area contributed by atoms with Crippen LogP contribution in [0.25, 0.3) is 0 Å². The van der Waals surface area contributed by atoms with Gasteiger partial charge in [0.2, 0.25) is 0 Å². The van der Waals surface area contributed by atoms with Gasteiger partial charge in [-0.05, 0) is 0 Å². The summed E-state index contributed by atoms with van der Waals surface area (Å²) in [6.45, 7) is 0. The molecule has 0 rings (SSSR count). The number of hydrogen-bond acceptors (Lipinski definition) is 1. The van der Waals surface area contributed by atoms with Gasteiger partial charge < -0.3 is 0 Å². The van der Waals surface area contributed by atoms with Crippen molar-refractivity contribution in [2.45, 2.75) is 0 Å². The molecule has 0 amide bonds. The van der Waals surface area contributed by atoms with Crippen molar-refractivity contribution in [1.29, 1.82) is 5.26 Å². The first-order valence-corrected chi connectivity index (χ1v) is 0.762. The highest BCUT2D eigenvalue weighted by molar-refractivity contribution is 5.08. The van der Waals surface area contributed by atoms with Crippen LogP contribution in [0.1, 0.15) is 0 Å². The van der Waals surface area contributed by atoms with E-state index in [1.807, 2.05) is 0 Å². The van der Waals surface area contributed by atoms with Crippen LogP contribution in [-0.2, 0) is 0 Å². The van der Waals surface area contributed by atoms with Gasteiger partial charge in [0, 0.05) is 5.92 Å². The molecule has 0 aliphatic carbocycles. The number of nitriles is 1. The maximum absolute atomic E-state index is 7.39. The minimum Gasteiger partial charge on any atom is -0.183 e. The van der Waals surface area contributed by atoms with Crippen molar-refractivity contribution >= 4 is 0 Å². The largest absolute Gasteiger partial charge is 0.183 e. The Morgan fingerprint density at radius 2 is 2.00 bits per heavy atom. The second-order valence-corrected chi connectivity index (χ2v) is 0.256. The average Bonchev–Trinajstić information content (AvgIpc) is 1.37. The van der Waals surface area contributed by atoms with E-state index >= 15 is 0 Å². The molecule has 0 N–H and O–H groups in total. The zero-order chi connectivity index (χ0) is 3.41. The predicted molar refractivity (Wildman–Crippen MR) is 14.4 cm³/mol. The second kappa shape index (κ2) is 2.05. The summed E-state index contributed by atoms with van der Waals surface area (Å²) in [5, 5.41) is 7.39. The van der Waals surface area contributed by atoms with E-state index < -0.39 is 0 Å². The molecule has 1 nitrogen and oxygen atoms in total. The van der Waals surface area contributed by atoms with Gasteiger partial charge >= 0.3 is 0 Å². The smallest absolute Gasteiger partial charge is 0.152 e. The van der Waals surface area contributed by atoms with Crippen LogP contribution >= 0.6 is 0 Å². The van der Waals surface area contributed by atoms with Crippen molar-refractivity contribution in [3.63, 3.8) is 0 Å². The van der Waals surface area contributed by atoms with Crippen molar-refractivity contribution in [2.75, 3.05) is 0 Å². The molecule has 0 radical (unpaired) electrons. The SMILES string of the molecule is [13CH]#CC#N. The fraction of sp³-hybridized carbons (Fsp3) is 0. The molecule has 0 bridgehead atoms. The summed E-state index contributed by atoms with van der Waals surface area (Å²) in [5.41, 5.74) is 0. The topological polar surface area (TPSA) is 23.8 Å². The van der Waals surface area contributed by atoms with Crippen molar-refractivity contribution in [2.24, 2.45) is 0 Å². The summed E-state index contributed by atoms with van der Waals surface area (Å²) in [6.07, 6.45) is 4.42. The summed E-state index contributed by atoms with van der Waals surface area (Å²) in [4.78, 5) is 0. The Bertz CT molecular complexity index is 58.3. The van der Waals surface area contributed by atoms with Crippen LogP contribution in [0.4, 0.5) is 0 Å². The van der Waals surface area contributed by atoms with E-state index in [9.17, 15) is 0 Å². The number of terminal acetylenes is 1. The summed E-state index contributed by atoms with van der Waals surface area (Å²) in [7, 11) is 0. The molecule has 0 saturated heterocycles. The molecule has 0 spiro atoms. The first-order chi connectivity index (χ1) is 1.91. The van der Waals surface area contributed by atoms with Gasteiger partial charge in [0.1, 0.15) is 0 Å². The molecule has 1 heteroatoms. The molecule has 0 aromatic rings. The van der Waals surface area contributed by atoms with Crippen LogP contribution < -0.4 is 0 Å². The van der Waals surface area contributed by atoms with Gasteiger partial charge in [-0.1, -0.05) is 0 Å². The van der Waals surface area contributed by atoms with Gasteiger partial charge in [0.25, 0.3) is 0 Å². The highest BCUT2D eigenvalue weighted by atomic mass is 14.2. The van der Waals surface area contributed by atoms with E-state index in [-0.39, 0.29) is 0 Å². The molecule has 0 aromatic carbocycles. The van der Waals surface area contributed by atoms with Gasteiger partial charge in [-0.2, -0.15) is 5.26 Å². The molecule has 0 aliphatic rings. The fourth-order valence-electron chi connectivity index (χ4n) is 0. The van der Waals surface area contributed by atoms with Crippen molar-refractivity contribution < 1.29 is 0 Å². The first-order valence-electron chi connectivity index (χ1n) is 0.762. The monoisotopic (exact) mass is 52.0 g/mol. The Morgan fingerprint density at radius 3 is 2.00 bits per heavy atom. The van der Waals surface area contributed by atoms with Crippen molar-refractivity contribution in [3.8, 4) is 18.4 Å². The van der Waals surface area contributed by atoms with Gasteiger partial charge in [-0.25, -0.2) is 0 Å². The molecule has 18 valence electrons. The van der Waals surface area contributed by atoms with E-state index in [2.05, 4.69) is 6.42 Å². The summed E-state index contributed by atoms with van der Waals surface area (Å²) < 4.78 is 0. The standard InChI is InChI=1S/C3HN/c1-2-3-4/h1H/i1+1. The van der Waals surface area contributed by atoms with E-state index in [4.69, 9.17) is 5.26 Å². The first kappa shape index (κ1) is 3.05. The Morgan fingerprint density at radius 1 is 1.75 bits per heavy atom. The van der Waals surface area contributed by atoms with Crippen LogP contribution in [0.3, 0.4) is 0 Å². The van der Waals surface area contributed by atoms with E-state index in [0.717, 1.165) is 0 Å². The molecule has 0 fully saturated rings. The third-order valence-electron chi connectivity index (χ3n) is 0.0645. The summed E-state index contributed by atoms with van der Waals surface area (Å²) in [6, 6.07) is 1.46. The van der Waals surface area contributed by atoms with Gasteiger partial charge in [-0.15, -0.1) is 6.42 Å². The van der Waals surface area contributed by atoms with Crippen LogP contribution in [0.15, 0.2) is 0 Å². The summed E-state index contributed by atoms with van der Waals surface area (Å²) >= 11 is 0. The predicted octanol–water partition coefficient (Wildman–Crippen LogP) is 0.143. The molecule has 4 heavy (non-hydrogen) atoms. The third-order valence-corrected chi connectivity index (χ3v) is 0.0645. The minimum absolute atomic E-state index is 1.46. The molecular weight excluding hydrogens is 51.0 g/mol. The highest BCUT2D eigenvalue weighted by Crippen LogP contribution is 1.27. The lowest BCUT2D eigenvalue weighted by Gasteiger charge is -1.23. The zero-order valence-corrected chi connectivity index (χ0v) is 2.02. The quantitative estimate of drug-likeness (QED) is 0.284. The zero-order valence-electron chi connectivity index (χ0n) is 2.02. The lowest BCUT2D eigenvalue weighted by Crippen LogP contribution is -1.26. The van der Waals surface area contributed by atoms with Crippen LogP contribution in [0.5, 0.6) is 0 Å². The van der Waals surface area contributed by atoms with E-state index in [1.54, 1.807) is 5.92 Å². The Balaban J connectivity index is 3.14. The number of hydrogen-bond donors (Lipinski definition) is 0. The minimum atomic E-state index is 1.46. The van der Waals surface area contributed by atoms with Crippen LogP contribution in [0, 0.1) is 23.7 Å². The molecule has 0 saturated carbocycles. The fourth-order valence-corrected chi connectivity index (χ4v) is 0. The second-order valence-electron chi connectivity index (χ2n) is 0.256. The van der Waals surface area contributed by atoms with E-state index in [1.165, 1.54) is 6.07 Å². The number of nitrogens with zero attached hydrogens (tertiary/aromatic N) is 1. The van der Waals surface area contributed by atoms with Crippen LogP contribution in [0.2, 0.25) is 0 Å². The summed E-state index contributed by atoms with van der Waals surface area (Å²) in [5.74, 6) is 1.74. The van der Waals surface area contributed by atoms with Crippen molar-refractivity contribution in [3.05, 3.63) is 0 Å². The normalized spacial score (nSPS) is 2.50. The van der Waals surface area contributed by atoms with Crippen LogP contribution in [-0.4, -0.2) is 0 Å².